The quantitative estimate of drug-likeness (QED) is 0.603. The van der Waals surface area contributed by atoms with Crippen LogP contribution < -0.4 is 4.90 Å². The Morgan fingerprint density at radius 2 is 1.69 bits per heavy atom. The minimum absolute atomic E-state index is 0.0276. The first-order valence-corrected chi connectivity index (χ1v) is 14.6. The number of anilines is 1. The van der Waals surface area contributed by atoms with Gasteiger partial charge in [-0.1, -0.05) is 43.7 Å². The first-order chi connectivity index (χ1) is 17.4. The van der Waals surface area contributed by atoms with E-state index in [0.717, 1.165) is 42.5 Å². The lowest BCUT2D eigenvalue weighted by Crippen LogP contribution is -2.44. The molecule has 0 spiro atoms. The van der Waals surface area contributed by atoms with Crippen LogP contribution in [0.5, 0.6) is 0 Å². The van der Waals surface area contributed by atoms with Crippen molar-refractivity contribution in [2.45, 2.75) is 63.4 Å². The molecule has 2 aliphatic rings. The summed E-state index contributed by atoms with van der Waals surface area (Å²) >= 11 is 0. The molecule has 2 aromatic carbocycles. The number of fused-ring (bicyclic) bond motifs is 1. The van der Waals surface area contributed by atoms with Crippen molar-refractivity contribution in [1.82, 2.24) is 9.21 Å². The van der Waals surface area contributed by atoms with Crippen LogP contribution in [0.2, 0.25) is 0 Å². The van der Waals surface area contributed by atoms with Crippen LogP contribution in [-0.4, -0.2) is 69.0 Å². The van der Waals surface area contributed by atoms with E-state index in [0.29, 0.717) is 63.3 Å². The Labute approximate surface area is 216 Å². The lowest BCUT2D eigenvalue weighted by Gasteiger charge is -2.36. The van der Waals surface area contributed by atoms with E-state index >= 15 is 0 Å². The molecule has 0 saturated carbocycles. The number of aryl methyl sites for hydroxylation is 1. The van der Waals surface area contributed by atoms with E-state index in [4.69, 9.17) is 4.74 Å². The summed E-state index contributed by atoms with van der Waals surface area (Å²) < 4.78 is 34.7. The van der Waals surface area contributed by atoms with Crippen LogP contribution in [-0.2, 0) is 32.5 Å². The van der Waals surface area contributed by atoms with Gasteiger partial charge in [-0.2, -0.15) is 4.31 Å². The molecule has 2 aliphatic heterocycles. The summed E-state index contributed by atoms with van der Waals surface area (Å²) in [5.74, 6) is -0.0276. The fourth-order valence-electron chi connectivity index (χ4n) is 5.28. The van der Waals surface area contributed by atoms with Crippen molar-refractivity contribution in [2.75, 3.05) is 44.3 Å². The second-order valence-corrected chi connectivity index (χ2v) is 11.7. The molecule has 4 rings (SSSR count). The van der Waals surface area contributed by atoms with Gasteiger partial charge in [0, 0.05) is 64.6 Å². The third-order valence-corrected chi connectivity index (χ3v) is 9.18. The van der Waals surface area contributed by atoms with E-state index in [-0.39, 0.29) is 5.91 Å². The van der Waals surface area contributed by atoms with Crippen molar-refractivity contribution in [3.05, 3.63) is 59.7 Å². The highest BCUT2D eigenvalue weighted by atomic mass is 32.2. The summed E-state index contributed by atoms with van der Waals surface area (Å²) in [4.78, 5) is 17.2. The fourth-order valence-corrected chi connectivity index (χ4v) is 6.75. The Kier molecular flexibility index (Phi) is 9.17. The maximum absolute atomic E-state index is 13.7. The van der Waals surface area contributed by atoms with E-state index in [9.17, 15) is 13.2 Å². The summed E-state index contributed by atoms with van der Waals surface area (Å²) in [6, 6.07) is 15.7. The van der Waals surface area contributed by atoms with Crippen molar-refractivity contribution in [1.29, 1.82) is 0 Å². The average molecular weight is 514 g/mol. The maximum Gasteiger partial charge on any atom is 0.243 e. The number of ether oxygens (including phenoxy) is 1. The van der Waals surface area contributed by atoms with Gasteiger partial charge in [-0.3, -0.25) is 9.69 Å². The molecule has 0 aliphatic carbocycles. The standard InChI is InChI=1S/C28H39N3O4S/c1-3-7-24-10-12-27(13-11-24)36(33,34)30-16-6-17-31(23(2)32)28-9-5-4-8-25(28)22-29(18-19-30)26-14-20-35-21-15-26/h4-5,8-13,26H,3,6-7,14-22H2,1-2H3. The smallest absolute Gasteiger partial charge is 0.243 e. The molecule has 0 N–H and O–H groups in total. The predicted molar refractivity (Wildman–Crippen MR) is 143 cm³/mol. The molecule has 0 atom stereocenters. The van der Waals surface area contributed by atoms with Crippen LogP contribution in [0.3, 0.4) is 0 Å². The zero-order chi connectivity index (χ0) is 25.5. The van der Waals surface area contributed by atoms with Gasteiger partial charge < -0.3 is 9.64 Å². The van der Waals surface area contributed by atoms with E-state index in [1.807, 2.05) is 30.3 Å². The lowest BCUT2D eigenvalue weighted by molar-refractivity contribution is -0.116. The van der Waals surface area contributed by atoms with Crippen molar-refractivity contribution in [3.63, 3.8) is 0 Å². The summed E-state index contributed by atoms with van der Waals surface area (Å²) in [6.07, 6.45) is 4.37. The normalized spacial score (nSPS) is 19.4. The molecule has 1 saturated heterocycles. The Bertz CT molecular complexity index is 1110. The number of para-hydroxylation sites is 1. The fraction of sp³-hybridized carbons (Fsp3) is 0.536. The molecule has 8 heteroatoms. The minimum atomic E-state index is -3.65. The zero-order valence-electron chi connectivity index (χ0n) is 21.6. The Morgan fingerprint density at radius 3 is 2.39 bits per heavy atom. The van der Waals surface area contributed by atoms with Crippen molar-refractivity contribution in [3.8, 4) is 0 Å². The van der Waals surface area contributed by atoms with E-state index in [1.54, 1.807) is 28.3 Å². The molecule has 1 fully saturated rings. The lowest BCUT2D eigenvalue weighted by atomic mass is 10.0. The molecule has 0 aromatic heterocycles. The van der Waals surface area contributed by atoms with Gasteiger partial charge in [0.1, 0.15) is 0 Å². The van der Waals surface area contributed by atoms with Crippen molar-refractivity contribution < 1.29 is 17.9 Å². The summed E-state index contributed by atoms with van der Waals surface area (Å²) in [7, 11) is -3.65. The Balaban J connectivity index is 1.65. The molecule has 196 valence electrons. The molecule has 0 unspecified atom stereocenters. The third kappa shape index (κ3) is 6.35. The summed E-state index contributed by atoms with van der Waals surface area (Å²) in [5, 5.41) is 0. The largest absolute Gasteiger partial charge is 0.381 e. The first-order valence-electron chi connectivity index (χ1n) is 13.2. The van der Waals surface area contributed by atoms with E-state index in [1.165, 1.54) is 0 Å². The van der Waals surface area contributed by atoms with Crippen LogP contribution in [0.4, 0.5) is 5.69 Å². The molecule has 2 aromatic rings. The van der Waals surface area contributed by atoms with Crippen LogP contribution in [0.25, 0.3) is 0 Å². The summed E-state index contributed by atoms with van der Waals surface area (Å²) in [6.45, 7) is 7.70. The molecule has 0 bridgehead atoms. The Hall–Kier alpha value is -2.26. The van der Waals surface area contributed by atoms with Crippen molar-refractivity contribution in [2.24, 2.45) is 0 Å². The second kappa shape index (κ2) is 12.3. The molecule has 7 nitrogen and oxygen atoms in total. The average Bonchev–Trinajstić information content (AvgIpc) is 2.92. The monoisotopic (exact) mass is 513 g/mol. The molecule has 2 heterocycles. The highest BCUT2D eigenvalue weighted by Gasteiger charge is 2.29. The number of hydrogen-bond donors (Lipinski definition) is 0. The second-order valence-electron chi connectivity index (χ2n) is 9.76. The number of carbonyl (C=O) groups is 1. The van der Waals surface area contributed by atoms with Gasteiger partial charge in [-0.05, 0) is 55.0 Å². The van der Waals surface area contributed by atoms with Gasteiger partial charge in [0.2, 0.25) is 15.9 Å². The molecule has 1 amide bonds. The van der Waals surface area contributed by atoms with Crippen LogP contribution in [0.15, 0.2) is 53.4 Å². The predicted octanol–water partition coefficient (Wildman–Crippen LogP) is 4.07. The SMILES string of the molecule is CCCc1ccc(S(=O)(=O)N2CCCN(C(C)=O)c3ccccc3CN(C3CCOCC3)CC2)cc1. The van der Waals surface area contributed by atoms with Gasteiger partial charge >= 0.3 is 0 Å². The topological polar surface area (TPSA) is 70.2 Å². The Morgan fingerprint density at radius 1 is 0.972 bits per heavy atom. The zero-order valence-corrected chi connectivity index (χ0v) is 22.4. The minimum Gasteiger partial charge on any atom is -0.381 e. The van der Waals surface area contributed by atoms with Gasteiger partial charge in [0.15, 0.2) is 0 Å². The van der Waals surface area contributed by atoms with Crippen LogP contribution in [0, 0.1) is 0 Å². The number of amides is 1. The van der Waals surface area contributed by atoms with Crippen LogP contribution in [0.1, 0.15) is 50.7 Å². The van der Waals surface area contributed by atoms with Gasteiger partial charge in [-0.15, -0.1) is 0 Å². The highest BCUT2D eigenvalue weighted by Crippen LogP contribution is 2.27. The first kappa shape index (κ1) is 26.8. The van der Waals surface area contributed by atoms with Crippen molar-refractivity contribution >= 4 is 21.6 Å². The number of sulfonamides is 1. The highest BCUT2D eigenvalue weighted by molar-refractivity contribution is 7.89. The van der Waals surface area contributed by atoms with Gasteiger partial charge in [-0.25, -0.2) is 8.42 Å². The van der Waals surface area contributed by atoms with E-state index in [2.05, 4.69) is 17.9 Å². The number of rotatable bonds is 5. The molecule has 0 radical (unpaired) electrons. The number of benzene rings is 2. The molecular weight excluding hydrogens is 474 g/mol. The molecular formula is C28H39N3O4S. The number of nitrogens with zero attached hydrogens (tertiary/aromatic N) is 3. The van der Waals surface area contributed by atoms with Gasteiger partial charge in [0.05, 0.1) is 4.90 Å². The maximum atomic E-state index is 13.7. The van der Waals surface area contributed by atoms with E-state index < -0.39 is 10.0 Å². The molecule has 36 heavy (non-hydrogen) atoms. The number of hydrogen-bond acceptors (Lipinski definition) is 5. The summed E-state index contributed by atoms with van der Waals surface area (Å²) in [5.41, 5.74) is 3.17. The van der Waals surface area contributed by atoms with Gasteiger partial charge in [0.25, 0.3) is 0 Å². The number of carbonyl (C=O) groups excluding carboxylic acids is 1. The third-order valence-electron chi connectivity index (χ3n) is 7.27. The van der Waals surface area contributed by atoms with Crippen LogP contribution >= 0.6 is 0 Å².